The Morgan fingerprint density at radius 2 is 1.20 bits per heavy atom. The molecular weight excluding hydrogens is 372 g/mol. The summed E-state index contributed by atoms with van der Waals surface area (Å²) in [5, 5.41) is 19.9. The molecule has 0 aliphatic heterocycles. The van der Waals surface area contributed by atoms with Crippen molar-refractivity contribution in [3.8, 4) is 23.0 Å². The summed E-state index contributed by atoms with van der Waals surface area (Å²) in [6.45, 7) is 0.912. The molecule has 0 bridgehead atoms. The van der Waals surface area contributed by atoms with Crippen molar-refractivity contribution >= 4 is 12.4 Å². The summed E-state index contributed by atoms with van der Waals surface area (Å²) < 4.78 is 10.1. The number of hydrogen-bond donors (Lipinski definition) is 2. The van der Waals surface area contributed by atoms with Gasteiger partial charge < -0.3 is 19.7 Å². The van der Waals surface area contributed by atoms with E-state index >= 15 is 0 Å². The van der Waals surface area contributed by atoms with Crippen molar-refractivity contribution in [2.24, 2.45) is 9.98 Å². The quantitative estimate of drug-likeness (QED) is 0.431. The minimum Gasteiger partial charge on any atom is -0.504 e. The topological polar surface area (TPSA) is 83.6 Å². The third-order valence-electron chi connectivity index (χ3n) is 3.32. The number of aromatic hydroxyl groups is 2. The third kappa shape index (κ3) is 5.52. The second kappa shape index (κ2) is 10.4. The van der Waals surface area contributed by atoms with Gasteiger partial charge in [-0.2, -0.15) is 0 Å². The number of ether oxygens (including phenoxy) is 2. The van der Waals surface area contributed by atoms with Crippen LogP contribution in [0.2, 0.25) is 0 Å². The second-order valence-corrected chi connectivity index (χ2v) is 4.87. The maximum absolute atomic E-state index is 9.93. The predicted molar refractivity (Wildman–Crippen MR) is 94.2 cm³/mol. The van der Waals surface area contributed by atoms with Gasteiger partial charge in [0.05, 0.1) is 27.3 Å². The Kier molecular flexibility index (Phi) is 8.53. The number of aliphatic imine (C=N–C) groups is 2. The maximum atomic E-state index is 9.93. The Balaban J connectivity index is 0.00000312. The van der Waals surface area contributed by atoms with Gasteiger partial charge in [-0.15, -0.1) is 0 Å². The van der Waals surface area contributed by atoms with Crippen molar-refractivity contribution in [2.45, 2.75) is 0 Å². The van der Waals surface area contributed by atoms with Crippen LogP contribution in [-0.2, 0) is 17.1 Å². The van der Waals surface area contributed by atoms with Gasteiger partial charge in [0.2, 0.25) is 0 Å². The molecule has 0 aliphatic carbocycles. The van der Waals surface area contributed by atoms with Gasteiger partial charge in [0, 0.05) is 40.6 Å². The van der Waals surface area contributed by atoms with Crippen molar-refractivity contribution in [3.05, 3.63) is 47.5 Å². The van der Waals surface area contributed by atoms with Crippen molar-refractivity contribution in [1.29, 1.82) is 0 Å². The Bertz CT molecular complexity index is 684. The summed E-state index contributed by atoms with van der Waals surface area (Å²) in [4.78, 5) is 8.45. The van der Waals surface area contributed by atoms with Crippen molar-refractivity contribution < 1.29 is 36.8 Å². The van der Waals surface area contributed by atoms with Gasteiger partial charge in [-0.25, -0.2) is 0 Å². The number of nitrogens with zero attached hydrogens (tertiary/aromatic N) is 2. The molecule has 0 saturated heterocycles. The van der Waals surface area contributed by atoms with Crippen LogP contribution in [0.5, 0.6) is 23.0 Å². The first-order valence-corrected chi connectivity index (χ1v) is 7.39. The van der Waals surface area contributed by atoms with Gasteiger partial charge in [0.25, 0.3) is 0 Å². The van der Waals surface area contributed by atoms with Gasteiger partial charge >= 0.3 is 0 Å². The fourth-order valence-corrected chi connectivity index (χ4v) is 2.06. The zero-order valence-electron chi connectivity index (χ0n) is 13.9. The predicted octanol–water partition coefficient (Wildman–Crippen LogP) is 2.65. The average Bonchev–Trinajstić information content (AvgIpc) is 2.60. The minimum absolute atomic E-state index is 0. The molecule has 2 aromatic rings. The molecule has 0 heterocycles. The van der Waals surface area contributed by atoms with Gasteiger partial charge in [0.1, 0.15) is 0 Å². The zero-order valence-corrected chi connectivity index (χ0v) is 14.9. The zero-order chi connectivity index (χ0) is 17.4. The Hall–Kier alpha value is -2.50. The van der Waals surface area contributed by atoms with Crippen molar-refractivity contribution in [1.82, 2.24) is 0 Å². The average molecular weight is 392 g/mol. The number of phenolic OH excluding ortho intramolecular Hbond substituents is 2. The molecule has 6 nitrogen and oxygen atoms in total. The molecule has 0 amide bonds. The molecule has 0 saturated carbocycles. The van der Waals surface area contributed by atoms with E-state index in [0.29, 0.717) is 35.7 Å². The molecule has 2 rings (SSSR count). The number of hydrogen-bond acceptors (Lipinski definition) is 6. The Morgan fingerprint density at radius 3 is 1.56 bits per heavy atom. The third-order valence-corrected chi connectivity index (χ3v) is 3.32. The van der Waals surface area contributed by atoms with E-state index in [4.69, 9.17) is 9.47 Å². The molecule has 1 radical (unpaired) electrons. The first-order valence-electron chi connectivity index (χ1n) is 7.39. The molecule has 0 unspecified atom stereocenters. The summed E-state index contributed by atoms with van der Waals surface area (Å²) >= 11 is 0. The monoisotopic (exact) mass is 391 g/mol. The van der Waals surface area contributed by atoms with E-state index in [2.05, 4.69) is 9.98 Å². The van der Waals surface area contributed by atoms with Crippen LogP contribution in [0.1, 0.15) is 11.1 Å². The smallest absolute Gasteiger partial charge is 0.166 e. The summed E-state index contributed by atoms with van der Waals surface area (Å²) in [6.07, 6.45) is 3.16. The van der Waals surface area contributed by atoms with Gasteiger partial charge in [0.15, 0.2) is 23.0 Å². The van der Waals surface area contributed by atoms with Crippen molar-refractivity contribution in [3.63, 3.8) is 0 Å². The van der Waals surface area contributed by atoms with Gasteiger partial charge in [-0.3, -0.25) is 9.98 Å². The molecule has 25 heavy (non-hydrogen) atoms. The molecule has 7 heteroatoms. The molecule has 0 atom stereocenters. The molecule has 137 valence electrons. The van der Waals surface area contributed by atoms with Crippen molar-refractivity contribution in [2.75, 3.05) is 27.3 Å². The SMILES string of the molecule is COc1cccc(C=NCCN=Cc2cccc(OC)c2O)c1O.[Cu]. The maximum Gasteiger partial charge on any atom is 0.166 e. The first-order chi connectivity index (χ1) is 11.7. The van der Waals surface area contributed by atoms with Crippen LogP contribution in [0.4, 0.5) is 0 Å². The van der Waals surface area contributed by atoms with E-state index in [1.54, 1.807) is 48.8 Å². The van der Waals surface area contributed by atoms with Crippen LogP contribution in [0, 0.1) is 0 Å². The first kappa shape index (κ1) is 20.5. The number of phenols is 2. The van der Waals surface area contributed by atoms with E-state index < -0.39 is 0 Å². The van der Waals surface area contributed by atoms with Crippen LogP contribution in [0.25, 0.3) is 0 Å². The van der Waals surface area contributed by atoms with Crippen LogP contribution in [0.3, 0.4) is 0 Å². The Labute approximate surface area is 157 Å². The number of benzene rings is 2. The Morgan fingerprint density at radius 1 is 0.800 bits per heavy atom. The van der Waals surface area contributed by atoms with E-state index in [1.165, 1.54) is 14.2 Å². The molecular formula is C18H20CuN2O4. The number of para-hydroxylation sites is 2. The summed E-state index contributed by atoms with van der Waals surface area (Å²) in [7, 11) is 3.00. The minimum atomic E-state index is 0. The largest absolute Gasteiger partial charge is 0.504 e. The van der Waals surface area contributed by atoms with Crippen LogP contribution in [-0.4, -0.2) is 50.0 Å². The van der Waals surface area contributed by atoms with E-state index in [1.807, 2.05) is 0 Å². The standard InChI is InChI=1S/C18H20N2O4.Cu/c1-23-15-7-3-5-13(17(15)21)11-19-9-10-20-12-14-6-4-8-16(24-2)18(14)22;/h3-8,11-12,21-22H,9-10H2,1-2H3;. The number of methoxy groups -OCH3 is 2. The molecule has 2 N–H and O–H groups in total. The molecule has 0 fully saturated rings. The fourth-order valence-electron chi connectivity index (χ4n) is 2.06. The van der Waals surface area contributed by atoms with Gasteiger partial charge in [-0.1, -0.05) is 12.1 Å². The summed E-state index contributed by atoms with van der Waals surface area (Å²) in [5.74, 6) is 0.943. The summed E-state index contributed by atoms with van der Waals surface area (Å²) in [5.41, 5.74) is 1.17. The second-order valence-electron chi connectivity index (χ2n) is 4.87. The van der Waals surface area contributed by atoms with E-state index in [0.717, 1.165) is 0 Å². The molecule has 0 aromatic heterocycles. The van der Waals surface area contributed by atoms with E-state index in [9.17, 15) is 10.2 Å². The van der Waals surface area contributed by atoms with Gasteiger partial charge in [-0.05, 0) is 24.3 Å². The normalized spacial score (nSPS) is 10.8. The fraction of sp³-hybridized carbons (Fsp3) is 0.222. The molecule has 0 aliphatic rings. The van der Waals surface area contributed by atoms with Crippen LogP contribution >= 0.6 is 0 Å². The van der Waals surface area contributed by atoms with Crippen LogP contribution in [0.15, 0.2) is 46.4 Å². The molecule has 2 aromatic carbocycles. The van der Waals surface area contributed by atoms with E-state index in [-0.39, 0.29) is 28.6 Å². The number of rotatable bonds is 7. The van der Waals surface area contributed by atoms with Crippen LogP contribution < -0.4 is 9.47 Å². The summed E-state index contributed by atoms with van der Waals surface area (Å²) in [6, 6.07) is 10.4. The molecule has 0 spiro atoms.